The molecule has 1 aliphatic heterocycles. The van der Waals surface area contributed by atoms with Crippen molar-refractivity contribution in [2.45, 2.75) is 63.9 Å². The van der Waals surface area contributed by atoms with E-state index in [1.54, 1.807) is 20.8 Å². The SMILES string of the molecule is CC(C)(C)OC(=O)N[C@H]1CC[C@H](C(F)(F)F)N(CCCS(C)(=O)=O)C1. The fourth-order valence-electron chi connectivity index (χ4n) is 2.78. The second-order valence-corrected chi connectivity index (χ2v) is 9.72. The number of nitrogens with one attached hydrogen (secondary N) is 1. The van der Waals surface area contributed by atoms with Crippen molar-refractivity contribution in [1.29, 1.82) is 0 Å². The summed E-state index contributed by atoms with van der Waals surface area (Å²) in [5.74, 6) is -0.168. The van der Waals surface area contributed by atoms with E-state index in [4.69, 9.17) is 4.74 Å². The molecule has 0 unspecified atom stereocenters. The van der Waals surface area contributed by atoms with Crippen LogP contribution in [0.3, 0.4) is 0 Å². The first-order valence-electron chi connectivity index (χ1n) is 8.15. The maximum Gasteiger partial charge on any atom is 0.407 e. The average Bonchev–Trinajstić information content (AvgIpc) is 2.33. The van der Waals surface area contributed by atoms with Gasteiger partial charge in [0, 0.05) is 18.8 Å². The van der Waals surface area contributed by atoms with Gasteiger partial charge in [-0.1, -0.05) is 0 Å². The Kier molecular flexibility index (Phi) is 7.14. The molecule has 1 saturated heterocycles. The molecule has 0 aromatic carbocycles. The summed E-state index contributed by atoms with van der Waals surface area (Å²) in [6, 6.07) is -2.09. The average molecular weight is 388 g/mol. The summed E-state index contributed by atoms with van der Waals surface area (Å²) in [7, 11) is -3.23. The zero-order valence-electron chi connectivity index (χ0n) is 15.0. The summed E-state index contributed by atoms with van der Waals surface area (Å²) in [5, 5.41) is 2.60. The number of sulfone groups is 1. The van der Waals surface area contributed by atoms with Crippen LogP contribution in [0.25, 0.3) is 0 Å². The van der Waals surface area contributed by atoms with E-state index in [0.717, 1.165) is 6.26 Å². The largest absolute Gasteiger partial charge is 0.444 e. The predicted octanol–water partition coefficient (Wildman–Crippen LogP) is 2.34. The van der Waals surface area contributed by atoms with Crippen LogP contribution in [0.1, 0.15) is 40.0 Å². The lowest BCUT2D eigenvalue weighted by atomic mass is 9.97. The molecule has 0 bridgehead atoms. The highest BCUT2D eigenvalue weighted by molar-refractivity contribution is 7.90. The van der Waals surface area contributed by atoms with Crippen molar-refractivity contribution < 1.29 is 31.1 Å². The Morgan fingerprint density at radius 3 is 2.32 bits per heavy atom. The van der Waals surface area contributed by atoms with Crippen LogP contribution in [-0.4, -0.2) is 68.4 Å². The van der Waals surface area contributed by atoms with Gasteiger partial charge in [0.25, 0.3) is 0 Å². The third-order valence-corrected chi connectivity index (χ3v) is 4.77. The molecule has 1 amide bonds. The number of carbonyl (C=O) groups is 1. The third kappa shape index (κ3) is 8.75. The summed E-state index contributed by atoms with van der Waals surface area (Å²) in [4.78, 5) is 13.0. The Morgan fingerprint density at radius 1 is 1.24 bits per heavy atom. The first-order valence-corrected chi connectivity index (χ1v) is 10.2. The normalized spacial score (nSPS) is 23.3. The number of piperidine rings is 1. The van der Waals surface area contributed by atoms with Gasteiger partial charge in [-0.3, -0.25) is 4.90 Å². The Hall–Kier alpha value is -1.03. The van der Waals surface area contributed by atoms with E-state index in [1.807, 2.05) is 0 Å². The number of nitrogens with zero attached hydrogens (tertiary/aromatic N) is 1. The van der Waals surface area contributed by atoms with Crippen molar-refractivity contribution in [2.75, 3.05) is 25.1 Å². The van der Waals surface area contributed by atoms with Crippen LogP contribution in [0.5, 0.6) is 0 Å². The number of halogens is 3. The van der Waals surface area contributed by atoms with E-state index in [-0.39, 0.29) is 38.1 Å². The van der Waals surface area contributed by atoms with Gasteiger partial charge in [0.05, 0.1) is 5.75 Å². The zero-order chi connectivity index (χ0) is 19.5. The van der Waals surface area contributed by atoms with Crippen molar-refractivity contribution in [3.63, 3.8) is 0 Å². The van der Waals surface area contributed by atoms with Crippen LogP contribution in [0.2, 0.25) is 0 Å². The minimum absolute atomic E-state index is 0.00372. The van der Waals surface area contributed by atoms with E-state index in [0.29, 0.717) is 0 Å². The lowest BCUT2D eigenvalue weighted by Crippen LogP contribution is -2.57. The van der Waals surface area contributed by atoms with Crippen molar-refractivity contribution in [3.8, 4) is 0 Å². The van der Waals surface area contributed by atoms with Gasteiger partial charge in [-0.05, 0) is 46.6 Å². The Labute approximate surface area is 147 Å². The number of rotatable bonds is 5. The molecule has 1 fully saturated rings. The smallest absolute Gasteiger partial charge is 0.407 e. The van der Waals surface area contributed by atoms with Gasteiger partial charge in [0.15, 0.2) is 0 Å². The zero-order valence-corrected chi connectivity index (χ0v) is 15.8. The number of hydrogen-bond acceptors (Lipinski definition) is 5. The number of alkyl halides is 3. The number of ether oxygens (including phenoxy) is 1. The van der Waals surface area contributed by atoms with Gasteiger partial charge in [-0.2, -0.15) is 13.2 Å². The number of alkyl carbamates (subject to hydrolysis) is 1. The van der Waals surface area contributed by atoms with Crippen LogP contribution < -0.4 is 5.32 Å². The molecule has 1 N–H and O–H groups in total. The molecule has 0 saturated carbocycles. The molecule has 0 spiro atoms. The van der Waals surface area contributed by atoms with Crippen LogP contribution >= 0.6 is 0 Å². The second-order valence-electron chi connectivity index (χ2n) is 7.46. The topological polar surface area (TPSA) is 75.7 Å². The molecule has 1 aliphatic rings. The van der Waals surface area contributed by atoms with Crippen molar-refractivity contribution in [1.82, 2.24) is 10.2 Å². The summed E-state index contributed by atoms with van der Waals surface area (Å²) in [6.45, 7) is 5.11. The predicted molar refractivity (Wildman–Crippen MR) is 88.1 cm³/mol. The highest BCUT2D eigenvalue weighted by Crippen LogP contribution is 2.32. The monoisotopic (exact) mass is 388 g/mol. The fourth-order valence-corrected chi connectivity index (χ4v) is 3.44. The number of carbonyl (C=O) groups excluding carboxylic acids is 1. The molecule has 2 atom stereocenters. The maximum absolute atomic E-state index is 13.2. The number of hydrogen-bond donors (Lipinski definition) is 1. The molecule has 10 heteroatoms. The van der Waals surface area contributed by atoms with Crippen LogP contribution in [0, 0.1) is 0 Å². The van der Waals surface area contributed by atoms with E-state index in [1.165, 1.54) is 4.90 Å². The van der Waals surface area contributed by atoms with Gasteiger partial charge in [0.2, 0.25) is 0 Å². The molecule has 148 valence electrons. The fraction of sp³-hybridized carbons (Fsp3) is 0.933. The van der Waals surface area contributed by atoms with Gasteiger partial charge < -0.3 is 10.1 Å². The summed E-state index contributed by atoms with van der Waals surface area (Å²) in [6.07, 6.45) is -3.85. The third-order valence-electron chi connectivity index (χ3n) is 3.74. The summed E-state index contributed by atoms with van der Waals surface area (Å²) in [5.41, 5.74) is -0.692. The summed E-state index contributed by atoms with van der Waals surface area (Å²) >= 11 is 0. The molecule has 0 aromatic heterocycles. The van der Waals surface area contributed by atoms with E-state index < -0.39 is 39.8 Å². The molecule has 1 heterocycles. The number of amides is 1. The highest BCUT2D eigenvalue weighted by Gasteiger charge is 2.46. The Morgan fingerprint density at radius 2 is 1.84 bits per heavy atom. The molecular weight excluding hydrogens is 361 g/mol. The first kappa shape index (κ1) is 22.0. The van der Waals surface area contributed by atoms with Crippen LogP contribution in [0.4, 0.5) is 18.0 Å². The van der Waals surface area contributed by atoms with Crippen LogP contribution in [-0.2, 0) is 14.6 Å². The second kappa shape index (κ2) is 8.11. The van der Waals surface area contributed by atoms with E-state index in [2.05, 4.69) is 5.32 Å². The molecule has 25 heavy (non-hydrogen) atoms. The number of likely N-dealkylation sites (tertiary alicyclic amines) is 1. The van der Waals surface area contributed by atoms with Crippen molar-refractivity contribution >= 4 is 15.9 Å². The lowest BCUT2D eigenvalue weighted by Gasteiger charge is -2.40. The quantitative estimate of drug-likeness (QED) is 0.782. The molecule has 0 aromatic rings. The standard InChI is InChI=1S/C15H27F3N2O4S/c1-14(2,3)24-13(21)19-11-6-7-12(15(16,17)18)20(10-11)8-5-9-25(4,22)23/h11-12H,5-10H2,1-4H3,(H,19,21)/t11-,12+/m0/s1. The molecule has 0 radical (unpaired) electrons. The van der Waals surface area contributed by atoms with Gasteiger partial charge in [0.1, 0.15) is 21.5 Å². The van der Waals surface area contributed by atoms with Crippen molar-refractivity contribution in [3.05, 3.63) is 0 Å². The van der Waals surface area contributed by atoms with Gasteiger partial charge >= 0.3 is 12.3 Å². The minimum atomic E-state index is -4.39. The lowest BCUT2D eigenvalue weighted by molar-refractivity contribution is -0.192. The molecular formula is C15H27F3N2O4S. The Balaban J connectivity index is 2.68. The molecule has 1 rings (SSSR count). The minimum Gasteiger partial charge on any atom is -0.444 e. The highest BCUT2D eigenvalue weighted by atomic mass is 32.2. The maximum atomic E-state index is 13.2. The van der Waals surface area contributed by atoms with Crippen molar-refractivity contribution in [2.24, 2.45) is 0 Å². The van der Waals surface area contributed by atoms with Gasteiger partial charge in [-0.15, -0.1) is 0 Å². The molecule has 6 nitrogen and oxygen atoms in total. The first-order chi connectivity index (χ1) is 11.2. The molecule has 0 aliphatic carbocycles. The summed E-state index contributed by atoms with van der Waals surface area (Å²) < 4.78 is 67.1. The van der Waals surface area contributed by atoms with Gasteiger partial charge in [-0.25, -0.2) is 13.2 Å². The van der Waals surface area contributed by atoms with Crippen LogP contribution in [0.15, 0.2) is 0 Å². The van der Waals surface area contributed by atoms with E-state index in [9.17, 15) is 26.4 Å². The Bertz CT molecular complexity index is 558. The van der Waals surface area contributed by atoms with E-state index >= 15 is 0 Å².